The lowest BCUT2D eigenvalue weighted by molar-refractivity contribution is -0.139. The molecule has 15 heavy (non-hydrogen) atoms. The van der Waals surface area contributed by atoms with E-state index in [4.69, 9.17) is 9.47 Å². The summed E-state index contributed by atoms with van der Waals surface area (Å²) in [5.74, 6) is 0.826. The van der Waals surface area contributed by atoms with E-state index < -0.39 is 0 Å². The molecule has 2 unspecified atom stereocenters. The standard InChI is InChI=1S/C12H14O3/c1-8-7-15-12(13)11(8)9-3-5-10(14-2)6-4-9/h3-6,8,11H,7H2,1-2H3. The normalized spacial score (nSPS) is 25.1. The molecule has 1 heterocycles. The molecular formula is C12H14O3. The number of methoxy groups -OCH3 is 1. The molecule has 1 fully saturated rings. The van der Waals surface area contributed by atoms with Gasteiger partial charge in [-0.2, -0.15) is 0 Å². The van der Waals surface area contributed by atoms with Crippen molar-refractivity contribution in [1.82, 2.24) is 0 Å². The zero-order valence-corrected chi connectivity index (χ0v) is 8.90. The van der Waals surface area contributed by atoms with Gasteiger partial charge in [0.25, 0.3) is 0 Å². The van der Waals surface area contributed by atoms with E-state index in [-0.39, 0.29) is 17.8 Å². The Hall–Kier alpha value is -1.51. The number of carbonyl (C=O) groups excluding carboxylic acids is 1. The summed E-state index contributed by atoms with van der Waals surface area (Å²) in [6, 6.07) is 7.58. The smallest absolute Gasteiger partial charge is 0.313 e. The van der Waals surface area contributed by atoms with Crippen molar-refractivity contribution in [2.75, 3.05) is 13.7 Å². The molecule has 0 bridgehead atoms. The molecule has 1 aliphatic rings. The van der Waals surface area contributed by atoms with Gasteiger partial charge in [-0.1, -0.05) is 19.1 Å². The molecule has 3 heteroatoms. The minimum Gasteiger partial charge on any atom is -0.497 e. The van der Waals surface area contributed by atoms with E-state index in [0.29, 0.717) is 6.61 Å². The van der Waals surface area contributed by atoms with Gasteiger partial charge in [0, 0.05) is 5.92 Å². The summed E-state index contributed by atoms with van der Waals surface area (Å²) < 4.78 is 10.1. The van der Waals surface area contributed by atoms with Crippen LogP contribution in [-0.4, -0.2) is 19.7 Å². The minimum atomic E-state index is -0.118. The summed E-state index contributed by atoms with van der Waals surface area (Å²) in [6.45, 7) is 2.55. The highest BCUT2D eigenvalue weighted by molar-refractivity contribution is 5.80. The van der Waals surface area contributed by atoms with Crippen LogP contribution in [0, 0.1) is 5.92 Å². The topological polar surface area (TPSA) is 35.5 Å². The zero-order valence-electron chi connectivity index (χ0n) is 8.90. The Morgan fingerprint density at radius 1 is 1.33 bits per heavy atom. The van der Waals surface area contributed by atoms with E-state index in [1.54, 1.807) is 7.11 Å². The van der Waals surface area contributed by atoms with Crippen molar-refractivity contribution in [3.8, 4) is 5.75 Å². The predicted molar refractivity (Wildman–Crippen MR) is 55.9 cm³/mol. The van der Waals surface area contributed by atoms with Gasteiger partial charge in [-0.05, 0) is 17.7 Å². The van der Waals surface area contributed by atoms with Gasteiger partial charge in [0.2, 0.25) is 0 Å². The van der Waals surface area contributed by atoms with Gasteiger partial charge in [-0.15, -0.1) is 0 Å². The van der Waals surface area contributed by atoms with Crippen molar-refractivity contribution < 1.29 is 14.3 Å². The number of benzene rings is 1. The molecule has 1 aromatic rings. The van der Waals surface area contributed by atoms with Crippen LogP contribution >= 0.6 is 0 Å². The Morgan fingerprint density at radius 3 is 2.47 bits per heavy atom. The zero-order chi connectivity index (χ0) is 10.8. The lowest BCUT2D eigenvalue weighted by Crippen LogP contribution is -2.10. The van der Waals surface area contributed by atoms with Crippen molar-refractivity contribution in [3.63, 3.8) is 0 Å². The van der Waals surface area contributed by atoms with Crippen molar-refractivity contribution in [3.05, 3.63) is 29.8 Å². The largest absolute Gasteiger partial charge is 0.497 e. The molecule has 2 rings (SSSR count). The maximum Gasteiger partial charge on any atom is 0.313 e. The Bertz CT molecular complexity index is 356. The summed E-state index contributed by atoms with van der Waals surface area (Å²) in [6.07, 6.45) is 0. The number of ether oxygens (including phenoxy) is 2. The van der Waals surface area contributed by atoms with Gasteiger partial charge >= 0.3 is 5.97 Å². The second-order valence-corrected chi connectivity index (χ2v) is 3.86. The molecule has 3 nitrogen and oxygen atoms in total. The Labute approximate surface area is 89.0 Å². The monoisotopic (exact) mass is 206 g/mol. The molecule has 0 saturated carbocycles. The van der Waals surface area contributed by atoms with E-state index in [2.05, 4.69) is 0 Å². The van der Waals surface area contributed by atoms with Crippen LogP contribution in [-0.2, 0) is 9.53 Å². The fourth-order valence-corrected chi connectivity index (χ4v) is 1.91. The van der Waals surface area contributed by atoms with Crippen LogP contribution in [0.15, 0.2) is 24.3 Å². The van der Waals surface area contributed by atoms with E-state index >= 15 is 0 Å². The molecule has 80 valence electrons. The molecule has 0 N–H and O–H groups in total. The molecule has 0 radical (unpaired) electrons. The van der Waals surface area contributed by atoms with Crippen LogP contribution in [0.4, 0.5) is 0 Å². The van der Waals surface area contributed by atoms with E-state index in [9.17, 15) is 4.79 Å². The molecule has 1 aromatic carbocycles. The maximum atomic E-state index is 11.5. The lowest BCUT2D eigenvalue weighted by atomic mass is 9.90. The molecule has 2 atom stereocenters. The van der Waals surface area contributed by atoms with Gasteiger partial charge < -0.3 is 9.47 Å². The second kappa shape index (κ2) is 3.93. The van der Waals surface area contributed by atoms with Gasteiger partial charge in [0.1, 0.15) is 5.75 Å². The summed E-state index contributed by atoms with van der Waals surface area (Å²) in [5, 5.41) is 0. The molecule has 0 amide bonds. The van der Waals surface area contributed by atoms with Crippen LogP contribution in [0.25, 0.3) is 0 Å². The maximum absolute atomic E-state index is 11.5. The first-order valence-corrected chi connectivity index (χ1v) is 5.03. The first kappa shape index (κ1) is 10.0. The van der Waals surface area contributed by atoms with Crippen molar-refractivity contribution >= 4 is 5.97 Å². The van der Waals surface area contributed by atoms with Crippen LogP contribution in [0.3, 0.4) is 0 Å². The van der Waals surface area contributed by atoms with Crippen LogP contribution in [0.5, 0.6) is 5.75 Å². The first-order chi connectivity index (χ1) is 7.22. The van der Waals surface area contributed by atoms with Crippen molar-refractivity contribution in [2.45, 2.75) is 12.8 Å². The number of esters is 1. The lowest BCUT2D eigenvalue weighted by Gasteiger charge is -2.11. The molecular weight excluding hydrogens is 192 g/mol. The summed E-state index contributed by atoms with van der Waals surface area (Å²) in [4.78, 5) is 11.5. The highest BCUT2D eigenvalue weighted by Crippen LogP contribution is 2.32. The van der Waals surface area contributed by atoms with Gasteiger partial charge in [-0.25, -0.2) is 0 Å². The molecule has 0 aliphatic carbocycles. The van der Waals surface area contributed by atoms with Crippen LogP contribution in [0.2, 0.25) is 0 Å². The highest BCUT2D eigenvalue weighted by Gasteiger charge is 2.34. The number of hydrogen-bond acceptors (Lipinski definition) is 3. The fraction of sp³-hybridized carbons (Fsp3) is 0.417. The van der Waals surface area contributed by atoms with Crippen LogP contribution < -0.4 is 4.74 Å². The average molecular weight is 206 g/mol. The van der Waals surface area contributed by atoms with Crippen molar-refractivity contribution in [2.24, 2.45) is 5.92 Å². The summed E-state index contributed by atoms with van der Waals surface area (Å²) in [7, 11) is 1.63. The third-order valence-corrected chi connectivity index (χ3v) is 2.79. The van der Waals surface area contributed by atoms with Gasteiger partial charge in [-0.3, -0.25) is 4.79 Å². The average Bonchev–Trinajstić information content (AvgIpc) is 2.59. The van der Waals surface area contributed by atoms with Gasteiger partial charge in [0.05, 0.1) is 19.6 Å². The van der Waals surface area contributed by atoms with Gasteiger partial charge in [0.15, 0.2) is 0 Å². The Balaban J connectivity index is 2.25. The number of hydrogen-bond donors (Lipinski definition) is 0. The highest BCUT2D eigenvalue weighted by atomic mass is 16.5. The fourth-order valence-electron chi connectivity index (χ4n) is 1.91. The molecule has 0 aromatic heterocycles. The minimum absolute atomic E-state index is 0.115. The quantitative estimate of drug-likeness (QED) is 0.694. The Morgan fingerprint density at radius 2 is 2.00 bits per heavy atom. The summed E-state index contributed by atoms with van der Waals surface area (Å²) in [5.41, 5.74) is 1.01. The van der Waals surface area contributed by atoms with E-state index in [0.717, 1.165) is 11.3 Å². The second-order valence-electron chi connectivity index (χ2n) is 3.86. The van der Waals surface area contributed by atoms with E-state index in [1.165, 1.54) is 0 Å². The van der Waals surface area contributed by atoms with Crippen molar-refractivity contribution in [1.29, 1.82) is 0 Å². The number of rotatable bonds is 2. The van der Waals surface area contributed by atoms with E-state index in [1.807, 2.05) is 31.2 Å². The first-order valence-electron chi connectivity index (χ1n) is 5.03. The molecule has 1 aliphatic heterocycles. The predicted octanol–water partition coefficient (Wildman–Crippen LogP) is 1.97. The third-order valence-electron chi connectivity index (χ3n) is 2.79. The molecule has 1 saturated heterocycles. The third kappa shape index (κ3) is 1.82. The van der Waals surface area contributed by atoms with Crippen LogP contribution in [0.1, 0.15) is 18.4 Å². The number of carbonyl (C=O) groups is 1. The molecule has 0 spiro atoms. The Kier molecular flexibility index (Phi) is 2.62. The summed E-state index contributed by atoms with van der Waals surface area (Å²) >= 11 is 0. The SMILES string of the molecule is COc1ccc(C2C(=O)OCC2C)cc1. The number of cyclic esters (lactones) is 1.